The number of benzene rings is 3. The molecule has 0 heterocycles. The van der Waals surface area contributed by atoms with E-state index in [1.54, 1.807) is 36.4 Å². The van der Waals surface area contributed by atoms with E-state index >= 15 is 0 Å². The highest BCUT2D eigenvalue weighted by molar-refractivity contribution is 6.00. The molecule has 0 unspecified atom stereocenters. The largest absolute Gasteiger partial charge is 0.489 e. The van der Waals surface area contributed by atoms with Crippen molar-refractivity contribution in [3.8, 4) is 5.75 Å². The van der Waals surface area contributed by atoms with Crippen molar-refractivity contribution >= 4 is 17.5 Å². The van der Waals surface area contributed by atoms with Crippen molar-refractivity contribution in [3.05, 3.63) is 94.5 Å². The highest BCUT2D eigenvalue weighted by Gasteiger charge is 2.13. The van der Waals surface area contributed by atoms with Crippen molar-refractivity contribution in [3.63, 3.8) is 0 Å². The fourth-order valence-corrected chi connectivity index (χ4v) is 3.13. The van der Waals surface area contributed by atoms with Gasteiger partial charge in [0.25, 0.3) is 0 Å². The van der Waals surface area contributed by atoms with Crippen LogP contribution in [0, 0.1) is 6.92 Å². The number of nitrogen functional groups attached to an aromatic ring is 1. The second-order valence-electron chi connectivity index (χ2n) is 8.64. The number of nitrogens with zero attached hydrogens (tertiary/aromatic N) is 1. The minimum Gasteiger partial charge on any atom is -0.489 e. The number of nitrogens with two attached hydrogens (primary N) is 2. The Labute approximate surface area is 188 Å². The van der Waals surface area contributed by atoms with Gasteiger partial charge in [0.05, 0.1) is 5.56 Å². The average molecular weight is 432 g/mol. The molecule has 0 aliphatic carbocycles. The van der Waals surface area contributed by atoms with Gasteiger partial charge in [0.2, 0.25) is 0 Å². The minimum absolute atomic E-state index is 0.0846. The summed E-state index contributed by atoms with van der Waals surface area (Å²) >= 11 is 0. The molecule has 3 aromatic carbocycles. The quantitative estimate of drug-likeness (QED) is 0.189. The maximum absolute atomic E-state index is 12.4. The van der Waals surface area contributed by atoms with E-state index in [-0.39, 0.29) is 11.3 Å². The molecule has 32 heavy (non-hydrogen) atoms. The summed E-state index contributed by atoms with van der Waals surface area (Å²) in [5.74, 6) is 0.244. The Morgan fingerprint density at radius 2 is 1.69 bits per heavy atom. The van der Waals surface area contributed by atoms with Crippen molar-refractivity contribution < 1.29 is 14.4 Å². The molecule has 0 bridgehead atoms. The van der Waals surface area contributed by atoms with Crippen LogP contribution in [-0.4, -0.2) is 11.8 Å². The number of carbonyl (C=O) groups is 1. The van der Waals surface area contributed by atoms with Crippen LogP contribution in [0.15, 0.2) is 71.9 Å². The summed E-state index contributed by atoms with van der Waals surface area (Å²) in [6.45, 7) is 8.66. The molecule has 0 aromatic heterocycles. The number of anilines is 1. The van der Waals surface area contributed by atoms with E-state index in [0.717, 1.165) is 16.9 Å². The van der Waals surface area contributed by atoms with Crippen LogP contribution in [0.3, 0.4) is 0 Å². The fourth-order valence-electron chi connectivity index (χ4n) is 3.13. The highest BCUT2D eigenvalue weighted by Crippen LogP contribution is 2.24. The van der Waals surface area contributed by atoms with Crippen LogP contribution in [0.2, 0.25) is 0 Å². The third kappa shape index (κ3) is 5.66. The van der Waals surface area contributed by atoms with Gasteiger partial charge in [-0.05, 0) is 59.4 Å². The number of hydrogen-bond donors (Lipinski definition) is 2. The Hall–Kier alpha value is -3.80. The zero-order valence-corrected chi connectivity index (χ0v) is 18.9. The Bertz CT molecular complexity index is 1130. The van der Waals surface area contributed by atoms with Crippen molar-refractivity contribution in [2.75, 3.05) is 5.73 Å². The Morgan fingerprint density at radius 3 is 2.38 bits per heavy atom. The first kappa shape index (κ1) is 22.9. The molecule has 0 aliphatic heterocycles. The predicted molar refractivity (Wildman–Crippen MR) is 128 cm³/mol. The van der Waals surface area contributed by atoms with Gasteiger partial charge in [0.15, 0.2) is 5.84 Å². The number of hydrogen-bond acceptors (Lipinski definition) is 5. The lowest BCUT2D eigenvalue weighted by molar-refractivity contribution is 0.0516. The number of oxime groups is 1. The summed E-state index contributed by atoms with van der Waals surface area (Å²) in [6, 6.07) is 20.4. The summed E-state index contributed by atoms with van der Waals surface area (Å²) < 4.78 is 5.86. The Morgan fingerprint density at radius 1 is 1.00 bits per heavy atom. The number of rotatable bonds is 6. The lowest BCUT2D eigenvalue weighted by atomic mass is 9.87. The first-order valence-corrected chi connectivity index (χ1v) is 10.4. The summed E-state index contributed by atoms with van der Waals surface area (Å²) in [5.41, 5.74) is 16.4. The maximum Gasteiger partial charge on any atom is 0.365 e. The molecule has 0 amide bonds. The highest BCUT2D eigenvalue weighted by atomic mass is 16.7. The number of amidine groups is 1. The molecule has 6 nitrogen and oxygen atoms in total. The second-order valence-corrected chi connectivity index (χ2v) is 8.64. The van der Waals surface area contributed by atoms with E-state index in [1.807, 2.05) is 25.1 Å². The van der Waals surface area contributed by atoms with E-state index in [2.05, 4.69) is 38.1 Å². The zero-order valence-electron chi connectivity index (χ0n) is 18.9. The van der Waals surface area contributed by atoms with Crippen LogP contribution in [0.4, 0.5) is 5.69 Å². The first-order chi connectivity index (χ1) is 15.1. The molecule has 3 aromatic rings. The molecule has 0 atom stereocenters. The first-order valence-electron chi connectivity index (χ1n) is 10.4. The molecule has 0 radical (unpaired) electrons. The Kier molecular flexibility index (Phi) is 6.83. The van der Waals surface area contributed by atoms with Gasteiger partial charge in [-0.25, -0.2) is 4.79 Å². The smallest absolute Gasteiger partial charge is 0.365 e. The number of carbonyl (C=O) groups excluding carboxylic acids is 1. The predicted octanol–water partition coefficient (Wildman–Crippen LogP) is 4.93. The molecule has 3 rings (SSSR count). The molecule has 0 fully saturated rings. The monoisotopic (exact) mass is 431 g/mol. The Balaban J connectivity index is 1.64. The van der Waals surface area contributed by atoms with Crippen LogP contribution < -0.4 is 16.2 Å². The van der Waals surface area contributed by atoms with Gasteiger partial charge in [0, 0.05) is 11.3 Å². The van der Waals surface area contributed by atoms with Crippen LogP contribution in [0.1, 0.15) is 53.4 Å². The molecule has 4 N–H and O–H groups in total. The summed E-state index contributed by atoms with van der Waals surface area (Å²) in [7, 11) is 0. The van der Waals surface area contributed by atoms with Crippen LogP contribution >= 0.6 is 0 Å². The van der Waals surface area contributed by atoms with Gasteiger partial charge >= 0.3 is 5.97 Å². The molecular formula is C26H29N3O3. The SMILES string of the molecule is Cc1c(N)cccc1/C(N)=N/OC(=O)c1cccc(COc2ccc(C(C)(C)C)cc2)c1. The minimum atomic E-state index is -0.606. The maximum atomic E-state index is 12.4. The topological polar surface area (TPSA) is 99.9 Å². The van der Waals surface area contributed by atoms with Crippen LogP contribution in [0.25, 0.3) is 0 Å². The van der Waals surface area contributed by atoms with Crippen LogP contribution in [-0.2, 0) is 16.9 Å². The van der Waals surface area contributed by atoms with E-state index in [0.29, 0.717) is 23.4 Å². The van der Waals surface area contributed by atoms with Gasteiger partial charge < -0.3 is 21.0 Å². The summed E-state index contributed by atoms with van der Waals surface area (Å²) in [6.07, 6.45) is 0. The number of ether oxygens (including phenoxy) is 1. The molecule has 0 saturated heterocycles. The lowest BCUT2D eigenvalue weighted by Gasteiger charge is -2.19. The van der Waals surface area contributed by atoms with E-state index < -0.39 is 5.97 Å². The standard InChI is InChI=1S/C26H29N3O3/c1-17-22(9-6-10-23(17)27)24(28)29-32-25(30)19-8-5-7-18(15-19)16-31-21-13-11-20(12-14-21)26(2,3)4/h5-15H,16,27H2,1-4H3,(H2,28,29). The fraction of sp³-hybridized carbons (Fsp3) is 0.231. The third-order valence-electron chi connectivity index (χ3n) is 5.17. The third-order valence-corrected chi connectivity index (χ3v) is 5.17. The normalized spacial score (nSPS) is 11.8. The molecule has 0 saturated carbocycles. The van der Waals surface area contributed by atoms with Crippen molar-refractivity contribution in [2.45, 2.75) is 39.7 Å². The molecule has 6 heteroatoms. The molecular weight excluding hydrogens is 402 g/mol. The second kappa shape index (κ2) is 9.56. The van der Waals surface area contributed by atoms with Gasteiger partial charge in [0.1, 0.15) is 12.4 Å². The average Bonchev–Trinajstić information content (AvgIpc) is 2.77. The van der Waals surface area contributed by atoms with Gasteiger partial charge in [-0.2, -0.15) is 0 Å². The van der Waals surface area contributed by atoms with Crippen LogP contribution in [0.5, 0.6) is 5.75 Å². The van der Waals surface area contributed by atoms with E-state index in [1.165, 1.54) is 5.56 Å². The van der Waals surface area contributed by atoms with Gasteiger partial charge in [-0.15, -0.1) is 0 Å². The molecule has 166 valence electrons. The lowest BCUT2D eigenvalue weighted by Crippen LogP contribution is -2.17. The molecule has 0 spiro atoms. The summed E-state index contributed by atoms with van der Waals surface area (Å²) in [5, 5.41) is 3.78. The van der Waals surface area contributed by atoms with Crippen molar-refractivity contribution in [1.82, 2.24) is 0 Å². The van der Waals surface area contributed by atoms with E-state index in [9.17, 15) is 4.79 Å². The van der Waals surface area contributed by atoms with Crippen molar-refractivity contribution in [1.29, 1.82) is 0 Å². The van der Waals surface area contributed by atoms with E-state index in [4.69, 9.17) is 21.0 Å². The summed E-state index contributed by atoms with van der Waals surface area (Å²) in [4.78, 5) is 17.5. The zero-order chi connectivity index (χ0) is 23.3. The van der Waals surface area contributed by atoms with Gasteiger partial charge in [-0.3, -0.25) is 0 Å². The van der Waals surface area contributed by atoms with Gasteiger partial charge in [-0.1, -0.05) is 62.3 Å². The molecule has 0 aliphatic rings. The van der Waals surface area contributed by atoms with Crippen molar-refractivity contribution in [2.24, 2.45) is 10.9 Å².